The second kappa shape index (κ2) is 4.48. The standard InChI is InChI=1S/C9H11BrN6/c1-16-6(2-3-14-16)4-12-8-7(10)5-13-9(11)15-8/h2-3,5H,4H2,1H3,(H3,11,12,13,15). The van der Waals surface area contributed by atoms with Crippen LogP contribution in [0.4, 0.5) is 11.8 Å². The van der Waals surface area contributed by atoms with E-state index in [9.17, 15) is 0 Å². The molecule has 3 N–H and O–H groups in total. The first kappa shape index (κ1) is 10.9. The minimum Gasteiger partial charge on any atom is -0.368 e. The Morgan fingerprint density at radius 2 is 2.38 bits per heavy atom. The Morgan fingerprint density at radius 3 is 3.06 bits per heavy atom. The molecule has 0 aliphatic rings. The molecule has 84 valence electrons. The van der Waals surface area contributed by atoms with Gasteiger partial charge in [0, 0.05) is 19.4 Å². The number of nitrogens with one attached hydrogen (secondary N) is 1. The Hall–Kier alpha value is -1.63. The molecule has 0 saturated heterocycles. The molecule has 0 atom stereocenters. The molecular weight excluding hydrogens is 272 g/mol. The molecule has 0 aliphatic carbocycles. The van der Waals surface area contributed by atoms with Crippen molar-refractivity contribution in [3.63, 3.8) is 0 Å². The van der Waals surface area contributed by atoms with Crippen molar-refractivity contribution >= 4 is 27.7 Å². The Kier molecular flexibility index (Phi) is 3.04. The number of nitrogens with zero attached hydrogens (tertiary/aromatic N) is 4. The highest BCUT2D eigenvalue weighted by atomic mass is 79.9. The topological polar surface area (TPSA) is 81.7 Å². The van der Waals surface area contributed by atoms with Gasteiger partial charge in [0.2, 0.25) is 5.95 Å². The number of nitrogen functional groups attached to an aromatic ring is 1. The minimum absolute atomic E-state index is 0.246. The van der Waals surface area contributed by atoms with Gasteiger partial charge in [-0.3, -0.25) is 4.68 Å². The van der Waals surface area contributed by atoms with Crippen LogP contribution in [0.25, 0.3) is 0 Å². The van der Waals surface area contributed by atoms with Gasteiger partial charge in [-0.2, -0.15) is 10.1 Å². The fraction of sp³-hybridized carbons (Fsp3) is 0.222. The molecule has 2 heterocycles. The lowest BCUT2D eigenvalue weighted by molar-refractivity contribution is 0.720. The van der Waals surface area contributed by atoms with Crippen LogP contribution >= 0.6 is 15.9 Å². The summed E-state index contributed by atoms with van der Waals surface area (Å²) in [5.41, 5.74) is 6.57. The maximum atomic E-state index is 5.51. The van der Waals surface area contributed by atoms with Crippen molar-refractivity contribution in [2.24, 2.45) is 7.05 Å². The van der Waals surface area contributed by atoms with Crippen LogP contribution in [0.5, 0.6) is 0 Å². The molecule has 0 aliphatic heterocycles. The maximum absolute atomic E-state index is 5.51. The van der Waals surface area contributed by atoms with Gasteiger partial charge in [0.05, 0.1) is 16.7 Å². The first-order chi connectivity index (χ1) is 7.66. The van der Waals surface area contributed by atoms with Crippen molar-refractivity contribution in [1.29, 1.82) is 0 Å². The van der Waals surface area contributed by atoms with Gasteiger partial charge in [0.25, 0.3) is 0 Å². The lowest BCUT2D eigenvalue weighted by atomic mass is 10.4. The number of rotatable bonds is 3. The van der Waals surface area contributed by atoms with Crippen molar-refractivity contribution in [3.8, 4) is 0 Å². The molecule has 0 aromatic carbocycles. The summed E-state index contributed by atoms with van der Waals surface area (Å²) in [5, 5.41) is 7.23. The van der Waals surface area contributed by atoms with Gasteiger partial charge in [0.1, 0.15) is 5.82 Å². The van der Waals surface area contributed by atoms with Crippen molar-refractivity contribution in [2.75, 3.05) is 11.1 Å². The minimum atomic E-state index is 0.246. The van der Waals surface area contributed by atoms with Crippen LogP contribution < -0.4 is 11.1 Å². The third kappa shape index (κ3) is 2.30. The van der Waals surface area contributed by atoms with Gasteiger partial charge in [-0.1, -0.05) is 0 Å². The van der Waals surface area contributed by atoms with Crippen LogP contribution in [0.2, 0.25) is 0 Å². The number of anilines is 2. The molecular formula is C9H11BrN6. The summed E-state index contributed by atoms with van der Waals surface area (Å²) >= 11 is 3.35. The van der Waals surface area contributed by atoms with E-state index in [-0.39, 0.29) is 5.95 Å². The summed E-state index contributed by atoms with van der Waals surface area (Å²) in [6, 6.07) is 1.94. The number of halogens is 1. The fourth-order valence-corrected chi connectivity index (χ4v) is 1.58. The Labute approximate surface area is 101 Å². The number of hydrogen-bond donors (Lipinski definition) is 2. The summed E-state index contributed by atoms with van der Waals surface area (Å²) < 4.78 is 2.58. The Morgan fingerprint density at radius 1 is 1.56 bits per heavy atom. The Balaban J connectivity index is 2.10. The van der Waals surface area contributed by atoms with Crippen LogP contribution in [0.3, 0.4) is 0 Å². The van der Waals surface area contributed by atoms with E-state index in [1.165, 1.54) is 0 Å². The molecule has 2 aromatic heterocycles. The second-order valence-corrected chi connectivity index (χ2v) is 4.08. The van der Waals surface area contributed by atoms with Crippen LogP contribution in [-0.2, 0) is 13.6 Å². The van der Waals surface area contributed by atoms with Crippen molar-refractivity contribution < 1.29 is 0 Å². The van der Waals surface area contributed by atoms with E-state index in [0.717, 1.165) is 10.2 Å². The molecule has 2 aromatic rings. The highest BCUT2D eigenvalue weighted by molar-refractivity contribution is 9.10. The Bertz CT molecular complexity index is 494. The molecule has 0 spiro atoms. The summed E-state index contributed by atoms with van der Waals surface area (Å²) in [5.74, 6) is 0.921. The van der Waals surface area contributed by atoms with E-state index in [4.69, 9.17) is 5.73 Å². The third-order valence-corrected chi connectivity index (χ3v) is 2.70. The average Bonchev–Trinajstić information content (AvgIpc) is 2.66. The van der Waals surface area contributed by atoms with Crippen LogP contribution in [0, 0.1) is 0 Å². The molecule has 0 unspecified atom stereocenters. The molecule has 0 radical (unpaired) electrons. The van der Waals surface area contributed by atoms with E-state index < -0.39 is 0 Å². The van der Waals surface area contributed by atoms with Crippen molar-refractivity contribution in [1.82, 2.24) is 19.7 Å². The van der Waals surface area contributed by atoms with Gasteiger partial charge in [0.15, 0.2) is 0 Å². The van der Waals surface area contributed by atoms with Crippen molar-refractivity contribution in [2.45, 2.75) is 6.54 Å². The number of nitrogens with two attached hydrogens (primary N) is 1. The largest absolute Gasteiger partial charge is 0.368 e. The SMILES string of the molecule is Cn1nccc1CNc1nc(N)ncc1Br. The zero-order chi connectivity index (χ0) is 11.5. The van der Waals surface area contributed by atoms with Crippen LogP contribution in [-0.4, -0.2) is 19.7 Å². The smallest absolute Gasteiger partial charge is 0.221 e. The molecule has 0 amide bonds. The molecule has 2 rings (SSSR count). The monoisotopic (exact) mass is 282 g/mol. The molecule has 0 fully saturated rings. The van der Waals surface area contributed by atoms with E-state index in [0.29, 0.717) is 12.4 Å². The quantitative estimate of drug-likeness (QED) is 0.883. The molecule has 16 heavy (non-hydrogen) atoms. The third-order valence-electron chi connectivity index (χ3n) is 2.12. The van der Waals surface area contributed by atoms with Gasteiger partial charge < -0.3 is 11.1 Å². The fourth-order valence-electron chi connectivity index (χ4n) is 1.25. The molecule has 6 nitrogen and oxygen atoms in total. The lowest BCUT2D eigenvalue weighted by Gasteiger charge is -2.07. The summed E-state index contributed by atoms with van der Waals surface area (Å²) in [7, 11) is 1.89. The first-order valence-corrected chi connectivity index (χ1v) is 5.45. The second-order valence-electron chi connectivity index (χ2n) is 3.22. The number of hydrogen-bond acceptors (Lipinski definition) is 5. The van der Waals surface area contributed by atoms with Gasteiger partial charge in [-0.15, -0.1) is 0 Å². The zero-order valence-corrected chi connectivity index (χ0v) is 10.3. The van der Waals surface area contributed by atoms with Gasteiger partial charge >= 0.3 is 0 Å². The number of aryl methyl sites for hydroxylation is 1. The summed E-state index contributed by atoms with van der Waals surface area (Å²) in [6.07, 6.45) is 3.37. The van der Waals surface area contributed by atoms with Crippen LogP contribution in [0.1, 0.15) is 5.69 Å². The van der Waals surface area contributed by atoms with Crippen LogP contribution in [0.15, 0.2) is 22.9 Å². The predicted molar refractivity (Wildman–Crippen MR) is 64.7 cm³/mol. The zero-order valence-electron chi connectivity index (χ0n) is 8.68. The predicted octanol–water partition coefficient (Wildman–Crippen LogP) is 1.17. The normalized spacial score (nSPS) is 10.4. The summed E-state index contributed by atoms with van der Waals surface area (Å²) in [4.78, 5) is 7.94. The molecule has 7 heteroatoms. The van der Waals surface area contributed by atoms with Gasteiger partial charge in [-0.05, 0) is 22.0 Å². The van der Waals surface area contributed by atoms with E-state index >= 15 is 0 Å². The van der Waals surface area contributed by atoms with E-state index in [1.807, 2.05) is 13.1 Å². The lowest BCUT2D eigenvalue weighted by Crippen LogP contribution is -2.08. The first-order valence-electron chi connectivity index (χ1n) is 4.65. The molecule has 0 bridgehead atoms. The van der Waals surface area contributed by atoms with E-state index in [2.05, 4.69) is 36.3 Å². The average molecular weight is 283 g/mol. The molecule has 0 saturated carbocycles. The highest BCUT2D eigenvalue weighted by Gasteiger charge is 2.04. The highest BCUT2D eigenvalue weighted by Crippen LogP contribution is 2.19. The number of aromatic nitrogens is 4. The van der Waals surface area contributed by atoms with Gasteiger partial charge in [-0.25, -0.2) is 4.98 Å². The van der Waals surface area contributed by atoms with E-state index in [1.54, 1.807) is 17.1 Å². The summed E-state index contributed by atoms with van der Waals surface area (Å²) in [6.45, 7) is 0.631. The van der Waals surface area contributed by atoms with Crippen molar-refractivity contribution in [3.05, 3.63) is 28.6 Å². The maximum Gasteiger partial charge on any atom is 0.221 e.